The predicted molar refractivity (Wildman–Crippen MR) is 70.6 cm³/mol. The Morgan fingerprint density at radius 1 is 1.40 bits per heavy atom. The molecule has 0 aliphatic rings. The number of carbonyl (C=O) groups is 1. The normalized spacial score (nSPS) is 13.2. The Bertz CT molecular complexity index is 610. The fraction of sp³-hybridized carbons (Fsp3) is 0.364. The van der Waals surface area contributed by atoms with Crippen molar-refractivity contribution in [3.8, 4) is 0 Å². The first kappa shape index (κ1) is 16.1. The van der Waals surface area contributed by atoms with Crippen LogP contribution in [0.1, 0.15) is 12.5 Å². The molecule has 0 bridgehead atoms. The minimum absolute atomic E-state index is 0.140. The Kier molecular flexibility index (Phi) is 4.79. The van der Waals surface area contributed by atoms with Gasteiger partial charge in [-0.25, -0.2) is 8.42 Å². The van der Waals surface area contributed by atoms with E-state index in [1.807, 2.05) is 0 Å². The van der Waals surface area contributed by atoms with Crippen molar-refractivity contribution in [1.29, 1.82) is 0 Å². The Hall–Kier alpha value is -2.00. The van der Waals surface area contributed by atoms with E-state index in [9.17, 15) is 23.3 Å². The molecule has 1 aromatic carbocycles. The van der Waals surface area contributed by atoms with Crippen LogP contribution in [0.4, 0.5) is 5.69 Å². The summed E-state index contributed by atoms with van der Waals surface area (Å²) in [5.41, 5.74) is 0.207. The molecule has 1 unspecified atom stereocenters. The highest BCUT2D eigenvalue weighted by molar-refractivity contribution is 7.88. The monoisotopic (exact) mass is 302 g/mol. The highest BCUT2D eigenvalue weighted by Crippen LogP contribution is 2.16. The minimum Gasteiger partial charge on any atom is -0.480 e. The molecule has 1 atom stereocenters. The predicted octanol–water partition coefficient (Wildman–Crippen LogP) is 0.830. The number of rotatable bonds is 6. The summed E-state index contributed by atoms with van der Waals surface area (Å²) in [5.74, 6) is -1.67. The summed E-state index contributed by atoms with van der Waals surface area (Å²) in [6, 6.07) is 3.87. The number of hydrogen-bond donors (Lipinski definition) is 1. The quantitative estimate of drug-likeness (QED) is 0.614. The maximum absolute atomic E-state index is 12.0. The molecule has 0 saturated heterocycles. The molecule has 0 spiro atoms. The summed E-state index contributed by atoms with van der Waals surface area (Å²) in [4.78, 5) is 20.7. The summed E-state index contributed by atoms with van der Waals surface area (Å²) in [7, 11) is -2.63. The molecule has 1 rings (SSSR count). The maximum Gasteiger partial charge on any atom is 0.321 e. The first-order valence-corrected chi connectivity index (χ1v) is 7.18. The summed E-state index contributed by atoms with van der Waals surface area (Å²) >= 11 is 0. The molecule has 0 radical (unpaired) electrons. The molecule has 0 aromatic heterocycles. The van der Waals surface area contributed by atoms with Crippen LogP contribution < -0.4 is 0 Å². The zero-order valence-corrected chi connectivity index (χ0v) is 11.7. The molecule has 0 aliphatic carbocycles. The van der Waals surface area contributed by atoms with Gasteiger partial charge >= 0.3 is 5.97 Å². The van der Waals surface area contributed by atoms with Crippen molar-refractivity contribution in [1.82, 2.24) is 4.31 Å². The lowest BCUT2D eigenvalue weighted by Crippen LogP contribution is -2.40. The van der Waals surface area contributed by atoms with E-state index >= 15 is 0 Å². The van der Waals surface area contributed by atoms with E-state index in [4.69, 9.17) is 5.11 Å². The molecule has 1 N–H and O–H groups in total. The van der Waals surface area contributed by atoms with Crippen molar-refractivity contribution >= 4 is 21.7 Å². The highest BCUT2D eigenvalue weighted by Gasteiger charge is 2.28. The Morgan fingerprint density at radius 3 is 2.30 bits per heavy atom. The van der Waals surface area contributed by atoms with Crippen LogP contribution in [0.3, 0.4) is 0 Å². The third-order valence-corrected chi connectivity index (χ3v) is 4.73. The Morgan fingerprint density at radius 2 is 1.90 bits per heavy atom. The van der Waals surface area contributed by atoms with Crippen LogP contribution in [0.15, 0.2) is 24.3 Å². The van der Waals surface area contributed by atoms with Gasteiger partial charge in [0.15, 0.2) is 0 Å². The van der Waals surface area contributed by atoms with Crippen molar-refractivity contribution in [3.63, 3.8) is 0 Å². The van der Waals surface area contributed by atoms with E-state index < -0.39 is 32.7 Å². The fourth-order valence-corrected chi connectivity index (χ4v) is 2.81. The average molecular weight is 302 g/mol. The second-order valence-electron chi connectivity index (χ2n) is 4.21. The molecular weight excluding hydrogens is 288 g/mol. The summed E-state index contributed by atoms with van der Waals surface area (Å²) in [5, 5.41) is 19.3. The van der Waals surface area contributed by atoms with Crippen molar-refractivity contribution in [2.45, 2.75) is 18.7 Å². The van der Waals surface area contributed by atoms with Gasteiger partial charge in [0.2, 0.25) is 10.0 Å². The van der Waals surface area contributed by atoms with Gasteiger partial charge in [-0.2, -0.15) is 4.31 Å². The standard InChI is InChI=1S/C11H14N2O6S/c1-8(11(14)15)12(2)20(18,19)7-9-3-5-10(6-4-9)13(16)17/h3-6,8H,7H2,1-2H3,(H,14,15). The van der Waals surface area contributed by atoms with E-state index in [2.05, 4.69) is 0 Å². The molecule has 0 amide bonds. The number of likely N-dealkylation sites (N-methyl/N-ethyl adjacent to an activating group) is 1. The van der Waals surface area contributed by atoms with E-state index in [1.165, 1.54) is 38.2 Å². The molecule has 9 heteroatoms. The highest BCUT2D eigenvalue weighted by atomic mass is 32.2. The van der Waals surface area contributed by atoms with Gasteiger partial charge in [-0.1, -0.05) is 12.1 Å². The number of nitro benzene ring substituents is 1. The molecule has 0 fully saturated rings. The molecule has 0 heterocycles. The summed E-state index contributed by atoms with van der Waals surface area (Å²) in [6.07, 6.45) is 0. The molecule has 1 aromatic rings. The average Bonchev–Trinajstić information content (AvgIpc) is 2.36. The number of non-ortho nitro benzene ring substituents is 1. The van der Waals surface area contributed by atoms with Crippen LogP contribution in [0.25, 0.3) is 0 Å². The maximum atomic E-state index is 12.0. The van der Waals surface area contributed by atoms with Crippen LogP contribution >= 0.6 is 0 Å². The smallest absolute Gasteiger partial charge is 0.321 e. The Labute approximate surface area is 115 Å². The fourth-order valence-electron chi connectivity index (χ4n) is 1.42. The van der Waals surface area contributed by atoms with Gasteiger partial charge < -0.3 is 5.11 Å². The van der Waals surface area contributed by atoms with Gasteiger partial charge in [0.25, 0.3) is 5.69 Å². The number of carboxylic acid groups (broad SMARTS) is 1. The lowest BCUT2D eigenvalue weighted by atomic mass is 10.2. The second-order valence-corrected chi connectivity index (χ2v) is 6.24. The zero-order chi connectivity index (χ0) is 15.5. The van der Waals surface area contributed by atoms with E-state index in [1.54, 1.807) is 0 Å². The zero-order valence-electron chi connectivity index (χ0n) is 10.9. The molecule has 0 aliphatic heterocycles. The van der Waals surface area contributed by atoms with Crippen molar-refractivity contribution in [3.05, 3.63) is 39.9 Å². The largest absolute Gasteiger partial charge is 0.480 e. The van der Waals surface area contributed by atoms with Crippen LogP contribution in [0.5, 0.6) is 0 Å². The first-order chi connectivity index (χ1) is 9.15. The van der Waals surface area contributed by atoms with E-state index in [-0.39, 0.29) is 5.69 Å². The van der Waals surface area contributed by atoms with Gasteiger partial charge in [0.1, 0.15) is 6.04 Å². The first-order valence-electron chi connectivity index (χ1n) is 5.57. The number of nitro groups is 1. The van der Waals surface area contributed by atoms with Crippen molar-refractivity contribution in [2.75, 3.05) is 7.05 Å². The van der Waals surface area contributed by atoms with E-state index in [0.717, 1.165) is 4.31 Å². The third-order valence-electron chi connectivity index (χ3n) is 2.84. The summed E-state index contributed by atoms with van der Waals surface area (Å²) in [6.45, 7) is 1.26. The number of carboxylic acids is 1. The van der Waals surface area contributed by atoms with Crippen molar-refractivity contribution < 1.29 is 23.2 Å². The molecule has 110 valence electrons. The molecule has 20 heavy (non-hydrogen) atoms. The number of nitrogens with zero attached hydrogens (tertiary/aromatic N) is 2. The van der Waals surface area contributed by atoms with Crippen LogP contribution in [0, 0.1) is 10.1 Å². The number of benzene rings is 1. The molecule has 8 nitrogen and oxygen atoms in total. The lowest BCUT2D eigenvalue weighted by molar-refractivity contribution is -0.384. The van der Waals surface area contributed by atoms with Gasteiger partial charge in [0.05, 0.1) is 10.7 Å². The number of aliphatic carboxylic acids is 1. The lowest BCUT2D eigenvalue weighted by Gasteiger charge is -2.20. The van der Waals surface area contributed by atoms with Gasteiger partial charge in [-0.05, 0) is 12.5 Å². The third kappa shape index (κ3) is 3.75. The van der Waals surface area contributed by atoms with Crippen LogP contribution in [-0.4, -0.2) is 41.8 Å². The summed E-state index contributed by atoms with van der Waals surface area (Å²) < 4.78 is 24.7. The SMILES string of the molecule is CC(C(=O)O)N(C)S(=O)(=O)Cc1ccc([N+](=O)[O-])cc1. The van der Waals surface area contributed by atoms with Crippen molar-refractivity contribution in [2.24, 2.45) is 0 Å². The van der Waals surface area contributed by atoms with Crippen LogP contribution in [0.2, 0.25) is 0 Å². The number of sulfonamides is 1. The molecular formula is C11H14N2O6S. The van der Waals surface area contributed by atoms with E-state index in [0.29, 0.717) is 5.56 Å². The van der Waals surface area contributed by atoms with Gasteiger partial charge in [-0.15, -0.1) is 0 Å². The Balaban J connectivity index is 2.91. The minimum atomic E-state index is -3.81. The topological polar surface area (TPSA) is 118 Å². The number of hydrogen-bond acceptors (Lipinski definition) is 5. The second kappa shape index (κ2) is 5.97. The van der Waals surface area contributed by atoms with Gasteiger partial charge in [0, 0.05) is 19.2 Å². The molecule has 0 saturated carbocycles. The van der Waals surface area contributed by atoms with Gasteiger partial charge in [-0.3, -0.25) is 14.9 Å². The van der Waals surface area contributed by atoms with Crippen LogP contribution in [-0.2, 0) is 20.6 Å².